The molecule has 0 aliphatic carbocycles. The number of hydrogen-bond acceptors (Lipinski definition) is 5. The Morgan fingerprint density at radius 1 is 1.41 bits per heavy atom. The van der Waals surface area contributed by atoms with E-state index in [0.29, 0.717) is 5.75 Å². The number of alkyl halides is 3. The fraction of sp³-hybridized carbons (Fsp3) is 0.500. The highest BCUT2D eigenvalue weighted by Crippen LogP contribution is 2.29. The Morgan fingerprint density at radius 2 is 2.09 bits per heavy atom. The average Bonchev–Trinajstić information content (AvgIpc) is 2.86. The van der Waals surface area contributed by atoms with Crippen molar-refractivity contribution in [3.05, 3.63) is 23.3 Å². The number of nitrogens with zero attached hydrogens (tertiary/aromatic N) is 2. The predicted molar refractivity (Wildman–Crippen MR) is 71.5 cm³/mol. The first-order valence-electron chi connectivity index (χ1n) is 6.21. The second-order valence-corrected chi connectivity index (χ2v) is 5.97. The highest BCUT2D eigenvalue weighted by Gasteiger charge is 2.44. The molecule has 1 saturated heterocycles. The van der Waals surface area contributed by atoms with Gasteiger partial charge in [-0.05, 0) is 25.2 Å². The van der Waals surface area contributed by atoms with Gasteiger partial charge in [-0.15, -0.1) is 0 Å². The van der Waals surface area contributed by atoms with E-state index < -0.39 is 35.1 Å². The van der Waals surface area contributed by atoms with Crippen molar-refractivity contribution in [3.63, 3.8) is 0 Å². The number of aryl methyl sites for hydroxylation is 1. The summed E-state index contributed by atoms with van der Waals surface area (Å²) < 4.78 is 38.0. The summed E-state index contributed by atoms with van der Waals surface area (Å²) in [4.78, 5) is 29.9. The van der Waals surface area contributed by atoms with Crippen molar-refractivity contribution >= 4 is 23.6 Å². The molecule has 10 heteroatoms. The van der Waals surface area contributed by atoms with E-state index in [1.54, 1.807) is 0 Å². The van der Waals surface area contributed by atoms with E-state index in [0.717, 1.165) is 6.07 Å². The molecule has 120 valence electrons. The number of carboxylic acids is 1. The van der Waals surface area contributed by atoms with Gasteiger partial charge in [-0.3, -0.25) is 4.79 Å². The van der Waals surface area contributed by atoms with E-state index in [2.05, 4.69) is 15.3 Å². The van der Waals surface area contributed by atoms with Crippen molar-refractivity contribution in [2.75, 3.05) is 11.5 Å². The summed E-state index contributed by atoms with van der Waals surface area (Å²) in [6.45, 7) is 1.30. The highest BCUT2D eigenvalue weighted by atomic mass is 32.2. The van der Waals surface area contributed by atoms with E-state index in [1.165, 1.54) is 18.7 Å². The smallest absolute Gasteiger partial charge is 0.451 e. The van der Waals surface area contributed by atoms with Gasteiger partial charge in [-0.2, -0.15) is 24.9 Å². The molecule has 1 aromatic rings. The number of aliphatic carboxylic acids is 1. The molecule has 1 aromatic heterocycles. The third kappa shape index (κ3) is 3.32. The average molecular weight is 335 g/mol. The maximum absolute atomic E-state index is 12.7. The SMILES string of the molecule is Cc1cc(C(=O)NC2(C(=O)O)CCSC2)nc(C(F)(F)F)n1. The van der Waals surface area contributed by atoms with Gasteiger partial charge in [-0.1, -0.05) is 0 Å². The Kier molecular flexibility index (Phi) is 4.32. The molecule has 1 aliphatic rings. The number of hydrogen-bond donors (Lipinski definition) is 2. The zero-order valence-electron chi connectivity index (χ0n) is 11.4. The van der Waals surface area contributed by atoms with Gasteiger partial charge in [0, 0.05) is 11.4 Å². The summed E-state index contributed by atoms with van der Waals surface area (Å²) >= 11 is 1.35. The van der Waals surface area contributed by atoms with Crippen LogP contribution in [0.1, 0.15) is 28.4 Å². The van der Waals surface area contributed by atoms with Crippen molar-refractivity contribution in [3.8, 4) is 0 Å². The Balaban J connectivity index is 2.30. The highest BCUT2D eigenvalue weighted by molar-refractivity contribution is 7.99. The largest absolute Gasteiger partial charge is 0.479 e. The minimum atomic E-state index is -4.78. The minimum Gasteiger partial charge on any atom is -0.479 e. The lowest BCUT2D eigenvalue weighted by Crippen LogP contribution is -2.55. The number of carbonyl (C=O) groups is 2. The van der Waals surface area contributed by atoms with Crippen molar-refractivity contribution in [2.24, 2.45) is 0 Å². The van der Waals surface area contributed by atoms with E-state index in [-0.39, 0.29) is 17.9 Å². The van der Waals surface area contributed by atoms with E-state index in [9.17, 15) is 27.9 Å². The van der Waals surface area contributed by atoms with Gasteiger partial charge in [0.25, 0.3) is 5.91 Å². The fourth-order valence-corrected chi connectivity index (χ4v) is 3.30. The molecule has 0 saturated carbocycles. The lowest BCUT2D eigenvalue weighted by molar-refractivity contribution is -0.145. The monoisotopic (exact) mass is 335 g/mol. The van der Waals surface area contributed by atoms with E-state index in [4.69, 9.17) is 0 Å². The van der Waals surface area contributed by atoms with Gasteiger partial charge in [0.1, 0.15) is 11.2 Å². The van der Waals surface area contributed by atoms with Crippen LogP contribution in [0, 0.1) is 6.92 Å². The second kappa shape index (κ2) is 5.75. The fourth-order valence-electron chi connectivity index (χ4n) is 1.98. The first-order valence-corrected chi connectivity index (χ1v) is 7.36. The molecule has 1 fully saturated rings. The number of carbonyl (C=O) groups excluding carboxylic acids is 1. The topological polar surface area (TPSA) is 92.2 Å². The van der Waals surface area contributed by atoms with Crippen molar-refractivity contribution in [2.45, 2.75) is 25.1 Å². The second-order valence-electron chi connectivity index (χ2n) is 4.86. The molecule has 1 unspecified atom stereocenters. The van der Waals surface area contributed by atoms with Crippen LogP contribution in [0.5, 0.6) is 0 Å². The van der Waals surface area contributed by atoms with Crippen molar-refractivity contribution in [1.29, 1.82) is 0 Å². The van der Waals surface area contributed by atoms with E-state index >= 15 is 0 Å². The van der Waals surface area contributed by atoms with Crippen LogP contribution in [-0.2, 0) is 11.0 Å². The van der Waals surface area contributed by atoms with Crippen molar-refractivity contribution < 1.29 is 27.9 Å². The molecule has 1 amide bonds. The third-order valence-corrected chi connectivity index (χ3v) is 4.31. The Morgan fingerprint density at radius 3 is 2.59 bits per heavy atom. The zero-order valence-corrected chi connectivity index (χ0v) is 12.2. The quantitative estimate of drug-likeness (QED) is 0.870. The first-order chi connectivity index (χ1) is 10.1. The molecule has 2 N–H and O–H groups in total. The van der Waals surface area contributed by atoms with Gasteiger partial charge in [0.05, 0.1) is 0 Å². The van der Waals surface area contributed by atoms with Crippen LogP contribution in [0.4, 0.5) is 13.2 Å². The predicted octanol–water partition coefficient (Wildman–Crippen LogP) is 1.49. The molecule has 0 spiro atoms. The van der Waals surface area contributed by atoms with Crippen LogP contribution >= 0.6 is 11.8 Å². The Labute approximate surface area is 127 Å². The minimum absolute atomic E-state index is 0.0300. The maximum Gasteiger partial charge on any atom is 0.451 e. The summed E-state index contributed by atoms with van der Waals surface area (Å²) in [7, 11) is 0. The van der Waals surface area contributed by atoms with Gasteiger partial charge in [0.2, 0.25) is 5.82 Å². The molecule has 2 rings (SSSR count). The molecule has 0 bridgehead atoms. The summed E-state index contributed by atoms with van der Waals surface area (Å²) in [5.74, 6) is -2.90. The number of halogens is 3. The molecular formula is C12H12F3N3O3S. The summed E-state index contributed by atoms with van der Waals surface area (Å²) in [5, 5.41) is 11.6. The van der Waals surface area contributed by atoms with Crippen LogP contribution in [0.2, 0.25) is 0 Å². The third-order valence-electron chi connectivity index (χ3n) is 3.12. The molecule has 0 aromatic carbocycles. The Hall–Kier alpha value is -1.84. The number of thioether (sulfide) groups is 1. The number of rotatable bonds is 3. The van der Waals surface area contributed by atoms with Gasteiger partial charge < -0.3 is 10.4 Å². The van der Waals surface area contributed by atoms with Gasteiger partial charge in [0.15, 0.2) is 0 Å². The molecule has 1 atom stereocenters. The number of amides is 1. The Bertz CT molecular complexity index is 615. The van der Waals surface area contributed by atoms with Crippen LogP contribution in [0.3, 0.4) is 0 Å². The van der Waals surface area contributed by atoms with E-state index in [1.807, 2.05) is 0 Å². The standard InChI is InChI=1S/C12H12F3N3O3S/c1-6-4-7(17-9(16-6)12(13,14)15)8(19)18-11(10(20)21)2-3-22-5-11/h4H,2-3,5H2,1H3,(H,18,19)(H,20,21). The molecular weight excluding hydrogens is 323 g/mol. The van der Waals surface area contributed by atoms with Gasteiger partial charge in [-0.25, -0.2) is 14.8 Å². The van der Waals surface area contributed by atoms with Crippen LogP contribution in [0.15, 0.2) is 6.07 Å². The molecule has 6 nitrogen and oxygen atoms in total. The van der Waals surface area contributed by atoms with Crippen molar-refractivity contribution in [1.82, 2.24) is 15.3 Å². The zero-order chi connectivity index (χ0) is 16.5. The molecule has 1 aliphatic heterocycles. The maximum atomic E-state index is 12.7. The molecule has 22 heavy (non-hydrogen) atoms. The van der Waals surface area contributed by atoms with Gasteiger partial charge >= 0.3 is 12.1 Å². The first kappa shape index (κ1) is 16.5. The number of nitrogens with one attached hydrogen (secondary N) is 1. The lowest BCUT2D eigenvalue weighted by atomic mass is 9.99. The molecule has 0 radical (unpaired) electrons. The molecule has 2 heterocycles. The number of carboxylic acid groups (broad SMARTS) is 1. The van der Waals surface area contributed by atoms with Crippen LogP contribution < -0.4 is 5.32 Å². The lowest BCUT2D eigenvalue weighted by Gasteiger charge is -2.24. The van der Waals surface area contributed by atoms with Crippen LogP contribution in [0.25, 0.3) is 0 Å². The normalized spacial score (nSPS) is 21.6. The number of aromatic nitrogens is 2. The van der Waals surface area contributed by atoms with Crippen LogP contribution in [-0.4, -0.2) is 44.0 Å². The summed E-state index contributed by atoms with van der Waals surface area (Å²) in [6.07, 6.45) is -4.58. The summed E-state index contributed by atoms with van der Waals surface area (Å²) in [5.41, 5.74) is -2.01. The summed E-state index contributed by atoms with van der Waals surface area (Å²) in [6, 6.07) is 1.09.